The summed E-state index contributed by atoms with van der Waals surface area (Å²) in [5.74, 6) is 0.577. The van der Waals surface area contributed by atoms with Gasteiger partial charge in [0.2, 0.25) is 0 Å². The maximum Gasteiger partial charge on any atom is 0.253 e. The fraction of sp³-hybridized carbons (Fsp3) is 0.625. The summed E-state index contributed by atoms with van der Waals surface area (Å²) >= 11 is 7.06. The summed E-state index contributed by atoms with van der Waals surface area (Å²) in [4.78, 5) is 31.4. The van der Waals surface area contributed by atoms with Crippen molar-refractivity contribution in [2.75, 3.05) is 37.7 Å². The maximum atomic E-state index is 13.7. The van der Waals surface area contributed by atoms with Crippen molar-refractivity contribution in [3.8, 4) is 0 Å². The molecule has 2 saturated heterocycles. The third-order valence-electron chi connectivity index (χ3n) is 8.98. The Bertz CT molecular complexity index is 1320. The van der Waals surface area contributed by atoms with Gasteiger partial charge in [0.05, 0.1) is 28.0 Å². The van der Waals surface area contributed by atoms with Crippen LogP contribution in [0.4, 0.5) is 5.69 Å². The van der Waals surface area contributed by atoms with Gasteiger partial charge in [0.15, 0.2) is 0 Å². The average Bonchev–Trinajstić information content (AvgIpc) is 3.68. The van der Waals surface area contributed by atoms with E-state index in [4.69, 9.17) is 21.1 Å². The molecule has 3 fully saturated rings. The minimum Gasteiger partial charge on any atom is -0.381 e. The molecule has 3 aliphatic rings. The first-order valence-corrected chi connectivity index (χ1v) is 15.5. The number of aromatic amines is 1. The van der Waals surface area contributed by atoms with Crippen LogP contribution >= 0.6 is 11.6 Å². The number of nitrogens with zero attached hydrogens (tertiary/aromatic N) is 1. The van der Waals surface area contributed by atoms with Crippen LogP contribution in [0.5, 0.6) is 0 Å². The van der Waals surface area contributed by atoms with Crippen molar-refractivity contribution in [1.29, 1.82) is 0 Å². The van der Waals surface area contributed by atoms with Crippen LogP contribution in [0.2, 0.25) is 5.02 Å². The quantitative estimate of drug-likeness (QED) is 0.390. The second kappa shape index (κ2) is 12.5. The number of benzene rings is 1. The number of anilines is 1. The Morgan fingerprint density at radius 3 is 2.66 bits per heavy atom. The van der Waals surface area contributed by atoms with Gasteiger partial charge in [-0.3, -0.25) is 9.59 Å². The summed E-state index contributed by atoms with van der Waals surface area (Å²) in [5.41, 5.74) is 4.36. The Morgan fingerprint density at radius 2 is 1.98 bits per heavy atom. The van der Waals surface area contributed by atoms with E-state index in [1.807, 2.05) is 26.0 Å². The van der Waals surface area contributed by atoms with Gasteiger partial charge in [-0.05, 0) is 101 Å². The molecule has 1 amide bonds. The molecule has 224 valence electrons. The van der Waals surface area contributed by atoms with Gasteiger partial charge in [0, 0.05) is 56.7 Å². The summed E-state index contributed by atoms with van der Waals surface area (Å²) in [6.07, 6.45) is 4.10. The topological polar surface area (TPSA) is 95.7 Å². The van der Waals surface area contributed by atoms with E-state index in [1.165, 1.54) is 0 Å². The third kappa shape index (κ3) is 6.82. The first-order chi connectivity index (χ1) is 19.6. The number of amides is 1. The van der Waals surface area contributed by atoms with Gasteiger partial charge in [-0.2, -0.15) is 0 Å². The number of hydrogen-bond donors (Lipinski definition) is 3. The number of hydrogen-bond acceptors (Lipinski definition) is 6. The normalized spacial score (nSPS) is 26.5. The Labute approximate surface area is 248 Å². The van der Waals surface area contributed by atoms with Crippen LogP contribution in [0.3, 0.4) is 0 Å². The molecular weight excluding hydrogens is 540 g/mol. The van der Waals surface area contributed by atoms with Crippen LogP contribution in [0.1, 0.15) is 85.1 Å². The van der Waals surface area contributed by atoms with E-state index in [-0.39, 0.29) is 29.7 Å². The molecule has 3 N–H and O–H groups in total. The molecule has 1 saturated carbocycles. The van der Waals surface area contributed by atoms with Gasteiger partial charge in [0.1, 0.15) is 0 Å². The van der Waals surface area contributed by atoms with Crippen molar-refractivity contribution in [2.45, 2.75) is 90.5 Å². The van der Waals surface area contributed by atoms with Gasteiger partial charge < -0.3 is 30.0 Å². The molecule has 2 aromatic rings. The highest BCUT2D eigenvalue weighted by Gasteiger charge is 2.45. The molecule has 2 aliphatic heterocycles. The predicted octanol–water partition coefficient (Wildman–Crippen LogP) is 4.84. The van der Waals surface area contributed by atoms with E-state index < -0.39 is 0 Å². The summed E-state index contributed by atoms with van der Waals surface area (Å²) < 4.78 is 12.0. The fourth-order valence-electron chi connectivity index (χ4n) is 6.87. The molecule has 41 heavy (non-hydrogen) atoms. The lowest BCUT2D eigenvalue weighted by Gasteiger charge is -2.38. The molecule has 2 unspecified atom stereocenters. The van der Waals surface area contributed by atoms with Crippen LogP contribution < -0.4 is 21.1 Å². The molecule has 8 nitrogen and oxygen atoms in total. The summed E-state index contributed by atoms with van der Waals surface area (Å²) in [5, 5.41) is 6.96. The highest BCUT2D eigenvalue weighted by Crippen LogP contribution is 2.53. The zero-order valence-electron chi connectivity index (χ0n) is 25.1. The molecule has 1 aromatic heterocycles. The number of aryl methyl sites for hydroxylation is 2. The lowest BCUT2D eigenvalue weighted by Crippen LogP contribution is -2.51. The highest BCUT2D eigenvalue weighted by atomic mass is 35.5. The number of nitrogens with one attached hydrogen (secondary N) is 3. The van der Waals surface area contributed by atoms with Crippen LogP contribution in [-0.2, 0) is 16.0 Å². The standard InChI is InChI=1S/C32H45ClN4O4/c1-6-37(24-7-9-40-10-8-24)28-14-22(25-13-23(25)15-32(5)18-34-16-21(4)41-32)12-26(29(28)33)30(38)35-17-27-19(2)11-20(3)36-31(27)39/h11-12,14,21,23-25,34H,6-10,13,15-18H2,1-5H3,(H,35,38)(H,36,39)/t21-,23?,25?,32+/m1/s1. The summed E-state index contributed by atoms with van der Waals surface area (Å²) in [6, 6.07) is 6.41. The van der Waals surface area contributed by atoms with Crippen LogP contribution in [0.15, 0.2) is 23.0 Å². The van der Waals surface area contributed by atoms with Crippen molar-refractivity contribution in [2.24, 2.45) is 5.92 Å². The fourth-order valence-corrected chi connectivity index (χ4v) is 7.18. The van der Waals surface area contributed by atoms with Gasteiger partial charge in [0.25, 0.3) is 11.5 Å². The second-order valence-electron chi connectivity index (χ2n) is 12.5. The number of aromatic nitrogens is 1. The number of halogens is 1. The molecule has 5 rings (SSSR count). The van der Waals surface area contributed by atoms with E-state index in [1.54, 1.807) is 0 Å². The Kier molecular flexibility index (Phi) is 9.14. The van der Waals surface area contributed by atoms with E-state index in [0.717, 1.165) is 81.0 Å². The van der Waals surface area contributed by atoms with Crippen LogP contribution in [0.25, 0.3) is 0 Å². The lowest BCUT2D eigenvalue weighted by atomic mass is 9.94. The summed E-state index contributed by atoms with van der Waals surface area (Å²) in [7, 11) is 0. The molecule has 0 spiro atoms. The van der Waals surface area contributed by atoms with Gasteiger partial charge in [-0.1, -0.05) is 11.6 Å². The van der Waals surface area contributed by atoms with E-state index >= 15 is 0 Å². The van der Waals surface area contributed by atoms with Gasteiger partial charge in [-0.25, -0.2) is 0 Å². The monoisotopic (exact) mass is 584 g/mol. The zero-order valence-corrected chi connectivity index (χ0v) is 25.8. The predicted molar refractivity (Wildman–Crippen MR) is 163 cm³/mol. The van der Waals surface area contributed by atoms with Crippen molar-refractivity contribution in [3.63, 3.8) is 0 Å². The smallest absolute Gasteiger partial charge is 0.253 e. The molecule has 3 heterocycles. The maximum absolute atomic E-state index is 13.7. The van der Waals surface area contributed by atoms with E-state index in [0.29, 0.717) is 34.0 Å². The van der Waals surface area contributed by atoms with Gasteiger partial charge >= 0.3 is 0 Å². The minimum absolute atomic E-state index is 0.139. The van der Waals surface area contributed by atoms with Crippen LogP contribution in [-0.4, -0.2) is 61.5 Å². The molecule has 4 atom stereocenters. The van der Waals surface area contributed by atoms with Crippen molar-refractivity contribution in [1.82, 2.24) is 15.6 Å². The highest BCUT2D eigenvalue weighted by molar-refractivity contribution is 6.36. The number of pyridine rings is 1. The summed E-state index contributed by atoms with van der Waals surface area (Å²) in [6.45, 7) is 14.3. The molecular formula is C32H45ClN4O4. The zero-order chi connectivity index (χ0) is 29.3. The molecule has 9 heteroatoms. The Morgan fingerprint density at radius 1 is 1.22 bits per heavy atom. The van der Waals surface area contributed by atoms with Crippen molar-refractivity contribution in [3.05, 3.63) is 61.5 Å². The molecule has 1 aromatic carbocycles. The number of morpholine rings is 1. The average molecular weight is 585 g/mol. The van der Waals surface area contributed by atoms with Crippen molar-refractivity contribution < 1.29 is 14.3 Å². The van der Waals surface area contributed by atoms with Gasteiger partial charge in [-0.15, -0.1) is 0 Å². The number of H-pyrrole nitrogens is 1. The van der Waals surface area contributed by atoms with E-state index in [2.05, 4.69) is 47.4 Å². The Balaban J connectivity index is 1.42. The second-order valence-corrected chi connectivity index (χ2v) is 12.9. The van der Waals surface area contributed by atoms with Crippen molar-refractivity contribution >= 4 is 23.2 Å². The first kappa shape index (κ1) is 30.1. The first-order valence-electron chi connectivity index (χ1n) is 15.1. The number of ether oxygens (including phenoxy) is 2. The third-order valence-corrected chi connectivity index (χ3v) is 9.38. The number of carbonyl (C=O) groups excluding carboxylic acids is 1. The Hall–Kier alpha value is -2.39. The lowest BCUT2D eigenvalue weighted by molar-refractivity contribution is -0.104. The van der Waals surface area contributed by atoms with E-state index in [9.17, 15) is 9.59 Å². The largest absolute Gasteiger partial charge is 0.381 e. The molecule has 0 bridgehead atoms. The minimum atomic E-state index is -0.265. The molecule has 1 aliphatic carbocycles. The molecule has 0 radical (unpaired) electrons. The number of carbonyl (C=O) groups is 1. The SMILES string of the molecule is CCN(c1cc(C2CC2C[C@@]2(C)CNC[C@@H](C)O2)cc(C(=O)NCc2c(C)cc(C)[nH]c2=O)c1Cl)C1CCOCC1. The van der Waals surface area contributed by atoms with Crippen LogP contribution in [0, 0.1) is 19.8 Å². The number of rotatable bonds is 9.